The molecule has 1 amide bonds. The monoisotopic (exact) mass is 339 g/mol. The van der Waals surface area contributed by atoms with Crippen molar-refractivity contribution in [2.24, 2.45) is 0 Å². The fourth-order valence-corrected chi connectivity index (χ4v) is 3.23. The normalized spacial score (nSPS) is 15.8. The predicted molar refractivity (Wildman–Crippen MR) is 97.8 cm³/mol. The summed E-state index contributed by atoms with van der Waals surface area (Å²) in [5, 5.41) is 3.07. The van der Waals surface area contributed by atoms with Crippen molar-refractivity contribution >= 4 is 5.91 Å². The molecule has 0 bridgehead atoms. The number of likely N-dealkylation sites (tertiary alicyclic amines) is 1. The first-order chi connectivity index (χ1) is 12.2. The van der Waals surface area contributed by atoms with Crippen LogP contribution in [0.2, 0.25) is 0 Å². The van der Waals surface area contributed by atoms with E-state index in [2.05, 4.69) is 27.3 Å². The van der Waals surface area contributed by atoms with Crippen LogP contribution >= 0.6 is 0 Å². The van der Waals surface area contributed by atoms with Crippen molar-refractivity contribution in [2.45, 2.75) is 25.8 Å². The molecular weight excluding hydrogens is 314 g/mol. The number of nitrogens with zero attached hydrogens (tertiary/aromatic N) is 2. The van der Waals surface area contributed by atoms with Crippen LogP contribution in [0.25, 0.3) is 0 Å². The van der Waals surface area contributed by atoms with Gasteiger partial charge in [0.2, 0.25) is 0 Å². The van der Waals surface area contributed by atoms with Crippen LogP contribution in [0.15, 0.2) is 42.6 Å². The number of hydrogen-bond acceptors (Lipinski definition) is 4. The van der Waals surface area contributed by atoms with Gasteiger partial charge < -0.3 is 10.1 Å². The molecule has 1 fully saturated rings. The molecule has 25 heavy (non-hydrogen) atoms. The van der Waals surface area contributed by atoms with Gasteiger partial charge in [-0.15, -0.1) is 0 Å². The van der Waals surface area contributed by atoms with E-state index in [1.54, 1.807) is 13.3 Å². The third kappa shape index (κ3) is 4.37. The van der Waals surface area contributed by atoms with Crippen LogP contribution in [0.1, 0.15) is 40.5 Å². The van der Waals surface area contributed by atoms with Gasteiger partial charge in [0.05, 0.1) is 18.7 Å². The number of benzene rings is 1. The van der Waals surface area contributed by atoms with E-state index in [1.165, 1.54) is 18.4 Å². The molecule has 1 aliphatic heterocycles. The lowest BCUT2D eigenvalue weighted by Crippen LogP contribution is -2.36. The molecule has 0 aliphatic carbocycles. The second-order valence-electron chi connectivity index (χ2n) is 6.43. The molecule has 132 valence electrons. The SMILES string of the molecule is COc1ccc(C(CNC(=O)c2ccc(C)nc2)N2CCCC2)cc1. The molecule has 1 unspecified atom stereocenters. The highest BCUT2D eigenvalue weighted by molar-refractivity contribution is 5.93. The third-order valence-corrected chi connectivity index (χ3v) is 4.71. The summed E-state index contributed by atoms with van der Waals surface area (Å²) in [6.07, 6.45) is 4.05. The maximum atomic E-state index is 12.4. The van der Waals surface area contributed by atoms with E-state index >= 15 is 0 Å². The lowest BCUT2D eigenvalue weighted by atomic mass is 10.0. The number of pyridine rings is 1. The topological polar surface area (TPSA) is 54.5 Å². The first-order valence-corrected chi connectivity index (χ1v) is 8.76. The van der Waals surface area contributed by atoms with Crippen molar-refractivity contribution in [3.05, 3.63) is 59.4 Å². The van der Waals surface area contributed by atoms with Gasteiger partial charge in [0.25, 0.3) is 5.91 Å². The standard InChI is InChI=1S/C20H25N3O2/c1-15-5-6-17(13-21-15)20(24)22-14-19(23-11-3-4-12-23)16-7-9-18(25-2)10-8-16/h5-10,13,19H,3-4,11-12,14H2,1-2H3,(H,22,24). The van der Waals surface area contributed by atoms with Gasteiger partial charge in [-0.05, 0) is 62.7 Å². The summed E-state index contributed by atoms with van der Waals surface area (Å²) < 4.78 is 5.25. The number of carbonyl (C=O) groups is 1. The summed E-state index contributed by atoms with van der Waals surface area (Å²) in [6.45, 7) is 4.63. The van der Waals surface area contributed by atoms with Gasteiger partial charge in [0.1, 0.15) is 5.75 Å². The van der Waals surface area contributed by atoms with E-state index in [9.17, 15) is 4.79 Å². The van der Waals surface area contributed by atoms with Crippen LogP contribution in [0.4, 0.5) is 0 Å². The Morgan fingerprint density at radius 2 is 1.92 bits per heavy atom. The molecule has 1 aliphatic rings. The fraction of sp³-hybridized carbons (Fsp3) is 0.400. The summed E-state index contributed by atoms with van der Waals surface area (Å²) in [5.41, 5.74) is 2.70. The zero-order chi connectivity index (χ0) is 17.6. The number of nitrogens with one attached hydrogen (secondary N) is 1. The van der Waals surface area contributed by atoms with E-state index in [4.69, 9.17) is 4.74 Å². The Morgan fingerprint density at radius 3 is 2.52 bits per heavy atom. The highest BCUT2D eigenvalue weighted by Crippen LogP contribution is 2.26. The van der Waals surface area contributed by atoms with Crippen LogP contribution in [0.3, 0.4) is 0 Å². The van der Waals surface area contributed by atoms with Crippen molar-refractivity contribution in [1.29, 1.82) is 0 Å². The summed E-state index contributed by atoms with van der Waals surface area (Å²) in [6, 6.07) is 12.0. The Labute approximate surface area is 149 Å². The second-order valence-corrected chi connectivity index (χ2v) is 6.43. The van der Waals surface area contributed by atoms with Gasteiger partial charge in [-0.2, -0.15) is 0 Å². The van der Waals surface area contributed by atoms with Crippen molar-refractivity contribution in [3.8, 4) is 5.75 Å². The molecule has 0 spiro atoms. The second kappa shape index (κ2) is 8.12. The van der Waals surface area contributed by atoms with Crippen LogP contribution in [0, 0.1) is 6.92 Å². The molecule has 2 aromatic rings. The van der Waals surface area contributed by atoms with Crippen molar-refractivity contribution in [2.75, 3.05) is 26.7 Å². The van der Waals surface area contributed by atoms with Gasteiger partial charge in [0.15, 0.2) is 0 Å². The van der Waals surface area contributed by atoms with Gasteiger partial charge >= 0.3 is 0 Å². The van der Waals surface area contributed by atoms with Crippen LogP contribution < -0.4 is 10.1 Å². The molecule has 1 aromatic heterocycles. The zero-order valence-corrected chi connectivity index (χ0v) is 14.9. The number of methoxy groups -OCH3 is 1. The van der Waals surface area contributed by atoms with E-state index in [0.717, 1.165) is 24.5 Å². The molecule has 0 radical (unpaired) electrons. The Balaban J connectivity index is 1.70. The summed E-state index contributed by atoms with van der Waals surface area (Å²) in [4.78, 5) is 19.1. The summed E-state index contributed by atoms with van der Waals surface area (Å²) in [5.74, 6) is 0.767. The van der Waals surface area contributed by atoms with Gasteiger partial charge in [0, 0.05) is 18.4 Å². The largest absolute Gasteiger partial charge is 0.497 e. The molecule has 1 saturated heterocycles. The molecule has 1 aromatic carbocycles. The number of hydrogen-bond donors (Lipinski definition) is 1. The minimum Gasteiger partial charge on any atom is -0.497 e. The average Bonchev–Trinajstić information content (AvgIpc) is 3.17. The molecule has 3 rings (SSSR count). The minimum absolute atomic E-state index is 0.0785. The number of rotatable bonds is 6. The van der Waals surface area contributed by atoms with Crippen molar-refractivity contribution in [1.82, 2.24) is 15.2 Å². The first kappa shape index (κ1) is 17.4. The predicted octanol–water partition coefficient (Wildman–Crippen LogP) is 2.97. The maximum Gasteiger partial charge on any atom is 0.252 e. The third-order valence-electron chi connectivity index (χ3n) is 4.71. The van der Waals surface area contributed by atoms with Gasteiger partial charge in [-0.3, -0.25) is 14.7 Å². The minimum atomic E-state index is -0.0785. The van der Waals surface area contributed by atoms with Gasteiger partial charge in [-0.1, -0.05) is 12.1 Å². The first-order valence-electron chi connectivity index (χ1n) is 8.76. The molecule has 1 atom stereocenters. The van der Waals surface area contributed by atoms with Gasteiger partial charge in [-0.25, -0.2) is 0 Å². The lowest BCUT2D eigenvalue weighted by Gasteiger charge is -2.28. The van der Waals surface area contributed by atoms with E-state index in [0.29, 0.717) is 12.1 Å². The molecule has 5 nitrogen and oxygen atoms in total. The Hall–Kier alpha value is -2.40. The molecule has 5 heteroatoms. The zero-order valence-electron chi connectivity index (χ0n) is 14.9. The Morgan fingerprint density at radius 1 is 1.20 bits per heavy atom. The molecular formula is C20H25N3O2. The Kier molecular flexibility index (Phi) is 5.66. The van der Waals surface area contributed by atoms with Crippen molar-refractivity contribution < 1.29 is 9.53 Å². The van der Waals surface area contributed by atoms with E-state index in [1.807, 2.05) is 31.2 Å². The van der Waals surface area contributed by atoms with Crippen LogP contribution in [0.5, 0.6) is 5.75 Å². The van der Waals surface area contributed by atoms with Crippen LogP contribution in [-0.2, 0) is 0 Å². The van der Waals surface area contributed by atoms with E-state index in [-0.39, 0.29) is 11.9 Å². The number of ether oxygens (including phenoxy) is 1. The van der Waals surface area contributed by atoms with Crippen molar-refractivity contribution in [3.63, 3.8) is 0 Å². The smallest absolute Gasteiger partial charge is 0.252 e. The molecule has 0 saturated carbocycles. The fourth-order valence-electron chi connectivity index (χ4n) is 3.23. The Bertz CT molecular complexity index is 692. The number of aromatic nitrogens is 1. The van der Waals surface area contributed by atoms with E-state index < -0.39 is 0 Å². The summed E-state index contributed by atoms with van der Waals surface area (Å²) >= 11 is 0. The highest BCUT2D eigenvalue weighted by atomic mass is 16.5. The maximum absolute atomic E-state index is 12.4. The van der Waals surface area contributed by atoms with Crippen LogP contribution in [-0.4, -0.2) is 42.5 Å². The number of amides is 1. The summed E-state index contributed by atoms with van der Waals surface area (Å²) in [7, 11) is 1.67. The quantitative estimate of drug-likeness (QED) is 0.879. The molecule has 2 heterocycles. The highest BCUT2D eigenvalue weighted by Gasteiger charge is 2.24. The molecule has 1 N–H and O–H groups in total. The number of carbonyl (C=O) groups excluding carboxylic acids is 1. The lowest BCUT2D eigenvalue weighted by molar-refractivity contribution is 0.0937. The number of aryl methyl sites for hydroxylation is 1. The average molecular weight is 339 g/mol.